The van der Waals surface area contributed by atoms with Crippen LogP contribution in [0.2, 0.25) is 15.1 Å². The van der Waals surface area contributed by atoms with Gasteiger partial charge in [0.15, 0.2) is 0 Å². The van der Waals surface area contributed by atoms with Crippen molar-refractivity contribution >= 4 is 40.5 Å². The molecule has 2 nitrogen and oxygen atoms in total. The largest absolute Gasteiger partial charge is 0.366 e. The maximum absolute atomic E-state index is 9.27. The Hall–Kier alpha value is -1.40. The second-order valence-corrected chi connectivity index (χ2v) is 5.08. The highest BCUT2D eigenvalue weighted by Crippen LogP contribution is 2.31. The standard InChI is InChI=1S/C14H9Cl3N2/c15-9-4-6-10(7-5-9)19-13(8-18)11-2-1-3-12(16)14(11)17/h1-7,13,19H. The molecule has 0 amide bonds. The summed E-state index contributed by atoms with van der Waals surface area (Å²) < 4.78 is 0. The minimum Gasteiger partial charge on any atom is -0.366 e. The van der Waals surface area contributed by atoms with Crippen LogP contribution in [0.25, 0.3) is 0 Å². The predicted molar refractivity (Wildman–Crippen MR) is 79.9 cm³/mol. The number of benzene rings is 2. The number of nitrogens with zero attached hydrogens (tertiary/aromatic N) is 1. The Morgan fingerprint density at radius 1 is 1.00 bits per heavy atom. The summed E-state index contributed by atoms with van der Waals surface area (Å²) in [6.07, 6.45) is 0. The normalized spacial score (nSPS) is 11.7. The average molecular weight is 312 g/mol. The molecule has 0 aliphatic carbocycles. The third-order valence-corrected chi connectivity index (χ3v) is 3.66. The van der Waals surface area contributed by atoms with Gasteiger partial charge in [-0.3, -0.25) is 0 Å². The lowest BCUT2D eigenvalue weighted by atomic mass is 10.1. The van der Waals surface area contributed by atoms with Gasteiger partial charge in [-0.25, -0.2) is 0 Å². The Balaban J connectivity index is 2.28. The molecule has 2 rings (SSSR count). The molecule has 0 saturated heterocycles. The van der Waals surface area contributed by atoms with Crippen LogP contribution in [0.15, 0.2) is 42.5 Å². The second-order valence-electron chi connectivity index (χ2n) is 3.86. The fourth-order valence-electron chi connectivity index (χ4n) is 1.64. The maximum atomic E-state index is 9.27. The van der Waals surface area contributed by atoms with E-state index in [2.05, 4.69) is 11.4 Å². The van der Waals surface area contributed by atoms with Gasteiger partial charge in [0.05, 0.1) is 16.1 Å². The summed E-state index contributed by atoms with van der Waals surface area (Å²) in [4.78, 5) is 0. The summed E-state index contributed by atoms with van der Waals surface area (Å²) in [5.41, 5.74) is 1.43. The van der Waals surface area contributed by atoms with Crippen LogP contribution in [-0.2, 0) is 0 Å². The molecule has 0 bridgehead atoms. The van der Waals surface area contributed by atoms with Crippen molar-refractivity contribution < 1.29 is 0 Å². The zero-order chi connectivity index (χ0) is 13.8. The lowest BCUT2D eigenvalue weighted by Crippen LogP contribution is -2.09. The molecule has 0 heterocycles. The van der Waals surface area contributed by atoms with E-state index in [1.54, 1.807) is 42.5 Å². The maximum Gasteiger partial charge on any atom is 0.141 e. The van der Waals surface area contributed by atoms with Gasteiger partial charge in [-0.2, -0.15) is 5.26 Å². The molecular formula is C14H9Cl3N2. The van der Waals surface area contributed by atoms with Crippen LogP contribution in [0.1, 0.15) is 11.6 Å². The van der Waals surface area contributed by atoms with Crippen LogP contribution >= 0.6 is 34.8 Å². The van der Waals surface area contributed by atoms with Crippen molar-refractivity contribution in [1.82, 2.24) is 0 Å². The van der Waals surface area contributed by atoms with E-state index in [0.717, 1.165) is 5.69 Å². The molecule has 19 heavy (non-hydrogen) atoms. The number of hydrogen-bond donors (Lipinski definition) is 1. The first-order valence-electron chi connectivity index (χ1n) is 5.47. The van der Waals surface area contributed by atoms with Crippen molar-refractivity contribution in [3.63, 3.8) is 0 Å². The molecule has 1 atom stereocenters. The molecule has 0 aromatic heterocycles. The Morgan fingerprint density at radius 2 is 1.68 bits per heavy atom. The average Bonchev–Trinajstić information content (AvgIpc) is 2.42. The number of halogens is 3. The number of nitrogens with one attached hydrogen (secondary N) is 1. The Morgan fingerprint density at radius 3 is 2.32 bits per heavy atom. The number of hydrogen-bond acceptors (Lipinski definition) is 2. The Kier molecular flexibility index (Phi) is 4.55. The zero-order valence-corrected chi connectivity index (χ0v) is 12.0. The van der Waals surface area contributed by atoms with Gasteiger partial charge >= 0.3 is 0 Å². The first-order valence-corrected chi connectivity index (χ1v) is 6.61. The van der Waals surface area contributed by atoms with Gasteiger partial charge in [0, 0.05) is 16.3 Å². The van der Waals surface area contributed by atoms with Crippen molar-refractivity contribution in [3.8, 4) is 6.07 Å². The van der Waals surface area contributed by atoms with Gasteiger partial charge in [-0.15, -0.1) is 0 Å². The van der Waals surface area contributed by atoms with E-state index in [0.29, 0.717) is 20.6 Å². The van der Waals surface area contributed by atoms with E-state index >= 15 is 0 Å². The van der Waals surface area contributed by atoms with Crippen molar-refractivity contribution in [3.05, 3.63) is 63.1 Å². The molecule has 0 spiro atoms. The van der Waals surface area contributed by atoms with Crippen LogP contribution < -0.4 is 5.32 Å². The topological polar surface area (TPSA) is 35.8 Å². The second kappa shape index (κ2) is 6.16. The minimum absolute atomic E-state index is 0.386. The van der Waals surface area contributed by atoms with E-state index in [1.165, 1.54) is 0 Å². The van der Waals surface area contributed by atoms with Crippen molar-refractivity contribution in [2.45, 2.75) is 6.04 Å². The predicted octanol–water partition coefficient (Wildman–Crippen LogP) is 5.32. The summed E-state index contributed by atoms with van der Waals surface area (Å²) in [7, 11) is 0. The molecule has 0 radical (unpaired) electrons. The van der Waals surface area contributed by atoms with Gasteiger partial charge in [0.2, 0.25) is 0 Å². The molecule has 96 valence electrons. The van der Waals surface area contributed by atoms with Crippen molar-refractivity contribution in [2.75, 3.05) is 5.32 Å². The summed E-state index contributed by atoms with van der Waals surface area (Å²) in [6.45, 7) is 0. The summed E-state index contributed by atoms with van der Waals surface area (Å²) in [6, 6.07) is 13.9. The van der Waals surface area contributed by atoms with Crippen LogP contribution in [0.4, 0.5) is 5.69 Å². The first-order chi connectivity index (χ1) is 9.11. The van der Waals surface area contributed by atoms with Gasteiger partial charge < -0.3 is 5.32 Å². The lowest BCUT2D eigenvalue weighted by molar-refractivity contribution is 0.998. The number of nitriles is 1. The monoisotopic (exact) mass is 310 g/mol. The first kappa shape index (κ1) is 14.0. The van der Waals surface area contributed by atoms with Crippen LogP contribution in [-0.4, -0.2) is 0 Å². The number of anilines is 1. The van der Waals surface area contributed by atoms with E-state index in [-0.39, 0.29) is 0 Å². The molecule has 0 saturated carbocycles. The summed E-state index contributed by atoms with van der Waals surface area (Å²) in [5.74, 6) is 0. The van der Waals surface area contributed by atoms with Gasteiger partial charge in [0.1, 0.15) is 6.04 Å². The quantitative estimate of drug-likeness (QED) is 0.832. The third-order valence-electron chi connectivity index (χ3n) is 2.58. The molecule has 1 N–H and O–H groups in total. The van der Waals surface area contributed by atoms with E-state index in [1.807, 2.05) is 0 Å². The fourth-order valence-corrected chi connectivity index (χ4v) is 2.18. The summed E-state index contributed by atoms with van der Waals surface area (Å²) >= 11 is 17.9. The zero-order valence-electron chi connectivity index (χ0n) is 9.70. The van der Waals surface area contributed by atoms with Crippen LogP contribution in [0, 0.1) is 11.3 Å². The van der Waals surface area contributed by atoms with Gasteiger partial charge in [-0.1, -0.05) is 46.9 Å². The SMILES string of the molecule is N#CC(Nc1ccc(Cl)cc1)c1cccc(Cl)c1Cl. The van der Waals surface area contributed by atoms with Crippen molar-refractivity contribution in [2.24, 2.45) is 0 Å². The molecule has 5 heteroatoms. The van der Waals surface area contributed by atoms with Crippen LogP contribution in [0.5, 0.6) is 0 Å². The fraction of sp³-hybridized carbons (Fsp3) is 0.0714. The van der Waals surface area contributed by atoms with Crippen LogP contribution in [0.3, 0.4) is 0 Å². The van der Waals surface area contributed by atoms with Gasteiger partial charge in [-0.05, 0) is 30.3 Å². The van der Waals surface area contributed by atoms with E-state index < -0.39 is 6.04 Å². The highest BCUT2D eigenvalue weighted by Gasteiger charge is 2.15. The number of rotatable bonds is 3. The summed E-state index contributed by atoms with van der Waals surface area (Å²) in [5, 5.41) is 13.8. The molecule has 2 aromatic carbocycles. The lowest BCUT2D eigenvalue weighted by Gasteiger charge is -2.15. The Labute approximate surface area is 126 Å². The Bertz CT molecular complexity index is 618. The molecule has 0 aliphatic heterocycles. The van der Waals surface area contributed by atoms with Gasteiger partial charge in [0.25, 0.3) is 0 Å². The molecule has 1 unspecified atom stereocenters. The van der Waals surface area contributed by atoms with Crippen molar-refractivity contribution in [1.29, 1.82) is 5.26 Å². The molecule has 0 aliphatic rings. The third kappa shape index (κ3) is 3.33. The molecular weight excluding hydrogens is 303 g/mol. The molecule has 2 aromatic rings. The highest BCUT2D eigenvalue weighted by molar-refractivity contribution is 6.42. The smallest absolute Gasteiger partial charge is 0.141 e. The molecule has 0 fully saturated rings. The van der Waals surface area contributed by atoms with E-state index in [4.69, 9.17) is 34.8 Å². The minimum atomic E-state index is -0.577. The highest BCUT2D eigenvalue weighted by atomic mass is 35.5. The van der Waals surface area contributed by atoms with E-state index in [9.17, 15) is 5.26 Å².